The van der Waals surface area contributed by atoms with Gasteiger partial charge in [0.1, 0.15) is 0 Å². The van der Waals surface area contributed by atoms with Crippen molar-refractivity contribution in [2.45, 2.75) is 149 Å². The lowest BCUT2D eigenvalue weighted by molar-refractivity contribution is 0.484. The Kier molecular flexibility index (Phi) is 6.25. The SMILES string of the molecule is [2H]c1c([2H])c([2H])c(N(c2c([2H])c([2H])c(C(C)(C)C)c([2H])c2[2H])c2c([2H])c3c4c(c2[2H])N(c2c([2H])c([2H])c(C(C)(C)C)c([2H])c2[2H])c2c(sc5c([2H])c([2H])c(C(C)(C)C)c([2H])c25)B4c2c(sc4c([2H])c5c(c([2H])c24)C2(C)CCC5(C)C2)N3c2c([2H])c([2H])c(C(C)(C)C)c([2H])c2[2H])c([2H])c1[2H]. The number of rotatable bonds is 5. The number of fused-ring (bicyclic) bond motifs is 13. The fraction of sp³-hybridized carbons (Fsp3) is 0.333. The molecule has 0 radical (unpaired) electrons. The summed E-state index contributed by atoms with van der Waals surface area (Å²) in [6, 6.07) is -15.4. The average molecular weight is 1040 g/mol. The van der Waals surface area contributed by atoms with Crippen molar-refractivity contribution in [2.75, 3.05) is 14.7 Å². The van der Waals surface area contributed by atoms with Crippen molar-refractivity contribution in [1.29, 1.82) is 0 Å². The minimum absolute atomic E-state index is 0.00311. The summed E-state index contributed by atoms with van der Waals surface area (Å²) in [5.74, 6) is 0. The maximum absolute atomic E-state index is 11.4. The molecular weight excluding hydrogens is 946 g/mol. The van der Waals surface area contributed by atoms with E-state index in [1.54, 1.807) is 83.1 Å². The van der Waals surface area contributed by atoms with E-state index in [9.17, 15) is 31.5 Å². The maximum Gasteiger partial charge on any atom is 0.266 e. The number of anilines is 9. The number of benzene rings is 7. The number of nitrogens with zero attached hydrogens (tertiary/aromatic N) is 3. The van der Waals surface area contributed by atoms with Crippen molar-refractivity contribution in [2.24, 2.45) is 0 Å². The molecule has 9 aromatic rings. The van der Waals surface area contributed by atoms with Gasteiger partial charge in [-0.15, -0.1) is 22.7 Å². The van der Waals surface area contributed by atoms with Gasteiger partial charge in [-0.25, -0.2) is 0 Å². The Bertz CT molecular complexity index is 5130. The van der Waals surface area contributed by atoms with E-state index in [0.29, 0.717) is 35.3 Å². The second-order valence-corrected chi connectivity index (χ2v) is 27.4. The van der Waals surface area contributed by atoms with Crippen LogP contribution in [0.3, 0.4) is 0 Å². The molecule has 6 heteroatoms. The first-order valence-electron chi connectivity index (χ1n) is 37.6. The molecule has 0 saturated heterocycles. The van der Waals surface area contributed by atoms with Crippen molar-refractivity contribution in [3.8, 4) is 0 Å². The zero-order valence-corrected chi connectivity index (χ0v) is 46.5. The first-order valence-corrected chi connectivity index (χ1v) is 27.2. The van der Waals surface area contributed by atoms with Crippen LogP contribution in [0.2, 0.25) is 0 Å². The lowest BCUT2D eigenvalue weighted by atomic mass is 9.36. The van der Waals surface area contributed by atoms with Crippen LogP contribution in [0.1, 0.15) is 182 Å². The smallest absolute Gasteiger partial charge is 0.266 e. The Hall–Kier alpha value is -6.08. The molecule has 378 valence electrons. The van der Waals surface area contributed by atoms with Crippen LogP contribution in [0, 0.1) is 0 Å². The first-order chi connectivity index (χ1) is 45.5. The summed E-state index contributed by atoms with van der Waals surface area (Å²) >= 11 is 1.89. The van der Waals surface area contributed by atoms with Crippen LogP contribution >= 0.6 is 22.7 Å². The Labute approximate surface area is 489 Å². The molecule has 2 unspecified atom stereocenters. The van der Waals surface area contributed by atoms with Gasteiger partial charge in [0, 0.05) is 53.7 Å². The topological polar surface area (TPSA) is 9.72 Å². The monoisotopic (exact) mass is 1040 g/mol. The van der Waals surface area contributed by atoms with E-state index in [0.717, 1.165) is 22.7 Å². The highest BCUT2D eigenvalue weighted by atomic mass is 32.1. The van der Waals surface area contributed by atoms with Gasteiger partial charge in [0.2, 0.25) is 0 Å². The lowest BCUT2D eigenvalue weighted by Crippen LogP contribution is -2.60. The van der Waals surface area contributed by atoms with Gasteiger partial charge in [0.25, 0.3) is 6.71 Å². The summed E-state index contributed by atoms with van der Waals surface area (Å²) in [6.07, 6.45) is 1.98. The molecule has 0 N–H and O–H groups in total. The highest BCUT2D eigenvalue weighted by Crippen LogP contribution is 2.62. The van der Waals surface area contributed by atoms with Gasteiger partial charge < -0.3 is 14.7 Å². The van der Waals surface area contributed by atoms with Crippen LogP contribution in [0.4, 0.5) is 50.5 Å². The zero-order valence-electron chi connectivity index (χ0n) is 68.9. The summed E-state index contributed by atoms with van der Waals surface area (Å²) in [5.41, 5.74) is -8.99. The first kappa shape index (κ1) is 28.9. The third-order valence-corrected chi connectivity index (χ3v) is 17.7. The van der Waals surface area contributed by atoms with Crippen LogP contribution < -0.4 is 30.4 Å². The summed E-state index contributed by atoms with van der Waals surface area (Å²) in [5, 5.41) is 0.146. The van der Waals surface area contributed by atoms with Gasteiger partial charge in [-0.3, -0.25) is 0 Å². The van der Waals surface area contributed by atoms with Gasteiger partial charge in [-0.2, -0.15) is 0 Å². The lowest BCUT2D eigenvalue weighted by Gasteiger charge is -2.43. The van der Waals surface area contributed by atoms with Crippen LogP contribution in [-0.4, -0.2) is 6.71 Å². The van der Waals surface area contributed by atoms with E-state index in [4.69, 9.17) is 1.37 Å². The molecule has 2 aromatic heterocycles. The van der Waals surface area contributed by atoms with Crippen LogP contribution in [-0.2, 0) is 32.5 Å². The van der Waals surface area contributed by atoms with Crippen LogP contribution in [0.5, 0.6) is 0 Å². The number of thiophene rings is 2. The molecule has 13 rings (SSSR count). The average Bonchev–Trinajstić information content (AvgIpc) is 1.57. The molecule has 3 nitrogen and oxygen atoms in total. The molecule has 0 amide bonds. The minimum Gasteiger partial charge on any atom is -0.310 e. The van der Waals surface area contributed by atoms with Crippen LogP contribution in [0.15, 0.2) is 145 Å². The standard InChI is InChI=1S/C69H72BN3S2/c1-64(2,3)42-20-27-47(28-21-42)71(46-18-16-15-17-19-46)50-37-55-60-56(38-50)73(49-31-24-44(25-32-49)66(7,8)9)63-59(51-39-53-54(40-58(51)75-63)69(14)35-34-68(53,13)41-69)70(60)62-61(52-36-45(67(10,11)12)26-33-57(52)74-62)72(55)48-29-22-43(23-30-48)65(4,5)6/h15-33,36-40H,34-35,41H2,1-14H3/i15D,16D,17D,18D,19D,20D,21D,22D,23D,24D,25D,26D,27D,28D,29D,30D,31D,32D,33D,36D,37D,38D,39D,40D. The Morgan fingerprint density at radius 3 is 1.53 bits per heavy atom. The molecule has 2 bridgehead atoms. The maximum atomic E-state index is 11.4. The Morgan fingerprint density at radius 2 is 0.973 bits per heavy atom. The van der Waals surface area contributed by atoms with Gasteiger partial charge in [0.05, 0.1) is 49.3 Å². The Balaban J connectivity index is 1.39. The van der Waals surface area contributed by atoms with Crippen molar-refractivity contribution in [3.05, 3.63) is 178 Å². The fourth-order valence-electron chi connectivity index (χ4n) is 11.4. The quantitative estimate of drug-likeness (QED) is 0.159. The van der Waals surface area contributed by atoms with Gasteiger partial charge in [-0.1, -0.05) is 157 Å². The molecule has 4 aliphatic rings. The molecule has 1 saturated carbocycles. The van der Waals surface area contributed by atoms with Crippen molar-refractivity contribution in [1.82, 2.24) is 0 Å². The fourth-order valence-corrected chi connectivity index (χ4v) is 13.9. The van der Waals surface area contributed by atoms with Crippen molar-refractivity contribution in [3.63, 3.8) is 0 Å². The zero-order chi connectivity index (χ0) is 73.4. The van der Waals surface area contributed by atoms with E-state index >= 15 is 0 Å². The van der Waals surface area contributed by atoms with Gasteiger partial charge in [-0.05, 0) is 186 Å². The minimum atomic E-state index is -1.49. The number of hydrogen-bond donors (Lipinski definition) is 0. The predicted molar refractivity (Wildman–Crippen MR) is 329 cm³/mol. The molecule has 7 aromatic carbocycles. The third-order valence-electron chi connectivity index (χ3n) is 15.5. The normalized spacial score (nSPS) is 23.4. The molecule has 4 heterocycles. The van der Waals surface area contributed by atoms with Crippen LogP contribution in [0.25, 0.3) is 20.2 Å². The van der Waals surface area contributed by atoms with Crippen molar-refractivity contribution < 1.29 is 32.9 Å². The molecule has 2 aliphatic heterocycles. The van der Waals surface area contributed by atoms with E-state index in [-0.39, 0.29) is 99.0 Å². The van der Waals surface area contributed by atoms with E-state index in [1.807, 2.05) is 0 Å². The van der Waals surface area contributed by atoms with E-state index in [2.05, 4.69) is 13.8 Å². The predicted octanol–water partition coefficient (Wildman–Crippen LogP) is 18.6. The summed E-state index contributed by atoms with van der Waals surface area (Å²) in [4.78, 5) is 3.19. The Morgan fingerprint density at radius 1 is 0.480 bits per heavy atom. The molecule has 75 heavy (non-hydrogen) atoms. The second kappa shape index (κ2) is 16.2. The molecular formula is C69H72BN3S2. The van der Waals surface area contributed by atoms with E-state index in [1.165, 1.54) is 9.80 Å². The third kappa shape index (κ3) is 7.54. The summed E-state index contributed by atoms with van der Waals surface area (Å²) in [6.45, 7) is 23.1. The van der Waals surface area contributed by atoms with Crippen molar-refractivity contribution >= 4 is 116 Å². The second-order valence-electron chi connectivity index (χ2n) is 25.4. The summed E-state index contributed by atoms with van der Waals surface area (Å²) < 4.78 is 242. The number of hydrogen-bond acceptors (Lipinski definition) is 5. The summed E-state index contributed by atoms with van der Waals surface area (Å²) in [7, 11) is 0. The van der Waals surface area contributed by atoms with Gasteiger partial charge >= 0.3 is 0 Å². The molecule has 2 aliphatic carbocycles. The largest absolute Gasteiger partial charge is 0.310 e. The van der Waals surface area contributed by atoms with Gasteiger partial charge in [0.15, 0.2) is 0 Å². The molecule has 2 atom stereocenters. The number of para-hydroxylation sites is 1. The highest BCUT2D eigenvalue weighted by molar-refractivity contribution is 7.35. The van der Waals surface area contributed by atoms with E-state index < -0.39 is 194 Å². The molecule has 1 fully saturated rings. The molecule has 0 spiro atoms. The highest BCUT2D eigenvalue weighted by Gasteiger charge is 2.54.